The van der Waals surface area contributed by atoms with Gasteiger partial charge >= 0.3 is 6.09 Å². The minimum atomic E-state index is -0.593. The summed E-state index contributed by atoms with van der Waals surface area (Å²) in [4.78, 5) is 30.3. The number of alkyl carbamates (subject to hydrolysis) is 1. The van der Waals surface area contributed by atoms with Crippen LogP contribution in [0.4, 0.5) is 4.79 Å². The van der Waals surface area contributed by atoms with Crippen molar-refractivity contribution in [1.82, 2.24) is 19.8 Å². The quantitative estimate of drug-likeness (QED) is 0.833. The molecule has 1 aromatic heterocycles. The first-order valence-electron chi connectivity index (χ1n) is 8.33. The van der Waals surface area contributed by atoms with Gasteiger partial charge in [0.15, 0.2) is 0 Å². The van der Waals surface area contributed by atoms with Gasteiger partial charge in [0.2, 0.25) is 5.91 Å². The fourth-order valence-electron chi connectivity index (χ4n) is 2.53. The third kappa shape index (κ3) is 4.82. The maximum atomic E-state index is 12.5. The number of nitrogens with zero attached hydrogens (tertiary/aromatic N) is 3. The number of amides is 2. The number of rotatable bonds is 7. The largest absolute Gasteiger partial charge is 0.445 e. The summed E-state index contributed by atoms with van der Waals surface area (Å²) in [6.45, 7) is 0.558. The third-order valence-electron chi connectivity index (χ3n) is 4.14. The van der Waals surface area contributed by atoms with Gasteiger partial charge in [-0.2, -0.15) is 0 Å². The lowest BCUT2D eigenvalue weighted by Gasteiger charge is -2.22. The van der Waals surface area contributed by atoms with Crippen molar-refractivity contribution >= 4 is 12.0 Å². The van der Waals surface area contributed by atoms with Crippen LogP contribution in [0.3, 0.4) is 0 Å². The maximum Gasteiger partial charge on any atom is 0.407 e. The number of hydrogen-bond donors (Lipinski definition) is 1. The molecule has 1 heterocycles. The number of hydrogen-bond acceptors (Lipinski definition) is 4. The summed E-state index contributed by atoms with van der Waals surface area (Å²) < 4.78 is 7.02. The molecular formula is C18H22N4O3. The summed E-state index contributed by atoms with van der Waals surface area (Å²) >= 11 is 0. The Balaban J connectivity index is 1.46. The lowest BCUT2D eigenvalue weighted by molar-refractivity contribution is -0.131. The van der Waals surface area contributed by atoms with E-state index in [1.807, 2.05) is 48.1 Å². The predicted octanol–water partition coefficient (Wildman–Crippen LogP) is 1.84. The molecule has 0 bridgehead atoms. The molecule has 0 spiro atoms. The van der Waals surface area contributed by atoms with Crippen molar-refractivity contribution in [3.8, 4) is 0 Å². The highest BCUT2D eigenvalue weighted by Gasteiger charge is 2.33. The second-order valence-corrected chi connectivity index (χ2v) is 6.12. The van der Waals surface area contributed by atoms with Crippen LogP contribution >= 0.6 is 0 Å². The van der Waals surface area contributed by atoms with Gasteiger partial charge in [0.1, 0.15) is 19.0 Å². The van der Waals surface area contributed by atoms with Gasteiger partial charge in [-0.3, -0.25) is 4.79 Å². The Kier molecular flexibility index (Phi) is 5.33. The van der Waals surface area contributed by atoms with Gasteiger partial charge < -0.3 is 19.5 Å². The molecule has 1 aliphatic rings. The normalized spacial score (nSPS) is 13.3. The molecule has 1 aromatic carbocycles. The molecule has 132 valence electrons. The first kappa shape index (κ1) is 17.0. The van der Waals surface area contributed by atoms with Crippen LogP contribution in [0.2, 0.25) is 0 Å². The first-order chi connectivity index (χ1) is 12.1. The van der Waals surface area contributed by atoms with E-state index in [0.717, 1.165) is 24.2 Å². The summed E-state index contributed by atoms with van der Waals surface area (Å²) in [6, 6.07) is 9.65. The highest BCUT2D eigenvalue weighted by molar-refractivity contribution is 5.82. The summed E-state index contributed by atoms with van der Waals surface area (Å²) in [6.07, 6.45) is 4.96. The predicted molar refractivity (Wildman–Crippen MR) is 91.4 cm³/mol. The van der Waals surface area contributed by atoms with E-state index in [1.165, 1.54) is 0 Å². The third-order valence-corrected chi connectivity index (χ3v) is 4.14. The SMILES string of the molecule is Cn1ccnc1CN(C(=O)CNC(=O)OCc1ccccc1)C1CC1. The Morgan fingerprint density at radius 3 is 2.72 bits per heavy atom. The van der Waals surface area contributed by atoms with Gasteiger partial charge in [0.05, 0.1) is 6.54 Å². The Hall–Kier alpha value is -2.83. The van der Waals surface area contributed by atoms with Gasteiger partial charge in [0, 0.05) is 25.5 Å². The van der Waals surface area contributed by atoms with Crippen LogP contribution in [-0.2, 0) is 29.7 Å². The van der Waals surface area contributed by atoms with Crippen LogP contribution in [-0.4, -0.2) is 39.0 Å². The number of imidazole rings is 1. The van der Waals surface area contributed by atoms with Gasteiger partial charge in [0.25, 0.3) is 0 Å². The zero-order chi connectivity index (χ0) is 17.6. The molecule has 3 rings (SSSR count). The van der Waals surface area contributed by atoms with Gasteiger partial charge in [-0.25, -0.2) is 9.78 Å². The number of benzene rings is 1. The standard InChI is InChI=1S/C18H22N4O3/c1-21-10-9-19-16(21)12-22(15-7-8-15)17(23)11-20-18(24)25-13-14-5-3-2-4-6-14/h2-6,9-10,15H,7-8,11-13H2,1H3,(H,20,24). The molecule has 1 saturated carbocycles. The number of ether oxygens (including phenoxy) is 1. The molecule has 7 heteroatoms. The molecule has 0 unspecified atom stereocenters. The topological polar surface area (TPSA) is 76.5 Å². The molecule has 1 fully saturated rings. The van der Waals surface area contributed by atoms with E-state index < -0.39 is 6.09 Å². The van der Waals surface area contributed by atoms with Crippen molar-refractivity contribution in [2.45, 2.75) is 32.0 Å². The second kappa shape index (κ2) is 7.83. The highest BCUT2D eigenvalue weighted by Crippen LogP contribution is 2.28. The fourth-order valence-corrected chi connectivity index (χ4v) is 2.53. The Labute approximate surface area is 146 Å². The van der Waals surface area contributed by atoms with Crippen LogP contribution in [0.1, 0.15) is 24.2 Å². The minimum Gasteiger partial charge on any atom is -0.445 e. The lowest BCUT2D eigenvalue weighted by Crippen LogP contribution is -2.41. The average Bonchev–Trinajstić information content (AvgIpc) is 3.39. The van der Waals surface area contributed by atoms with Crippen LogP contribution in [0.25, 0.3) is 0 Å². The summed E-state index contributed by atoms with van der Waals surface area (Å²) in [5.74, 6) is 0.703. The van der Waals surface area contributed by atoms with Gasteiger partial charge in [-0.1, -0.05) is 30.3 Å². The van der Waals surface area contributed by atoms with E-state index in [4.69, 9.17) is 4.74 Å². The molecule has 2 amide bonds. The number of aromatic nitrogens is 2. The van der Waals surface area contributed by atoms with Crippen molar-refractivity contribution in [3.05, 3.63) is 54.1 Å². The Bertz CT molecular complexity index is 725. The zero-order valence-corrected chi connectivity index (χ0v) is 14.2. The summed E-state index contributed by atoms with van der Waals surface area (Å²) in [5.41, 5.74) is 0.901. The van der Waals surface area contributed by atoms with E-state index in [9.17, 15) is 9.59 Å². The zero-order valence-electron chi connectivity index (χ0n) is 14.2. The fraction of sp³-hybridized carbons (Fsp3) is 0.389. The molecule has 1 N–H and O–H groups in total. The minimum absolute atomic E-state index is 0.0749. The van der Waals surface area contributed by atoms with Gasteiger partial charge in [-0.15, -0.1) is 0 Å². The van der Waals surface area contributed by atoms with Crippen molar-refractivity contribution in [2.75, 3.05) is 6.54 Å². The summed E-state index contributed by atoms with van der Waals surface area (Å²) in [7, 11) is 1.90. The number of nitrogens with one attached hydrogen (secondary N) is 1. The highest BCUT2D eigenvalue weighted by atomic mass is 16.5. The van der Waals surface area contributed by atoms with Gasteiger partial charge in [-0.05, 0) is 18.4 Å². The maximum absolute atomic E-state index is 12.5. The van der Waals surface area contributed by atoms with E-state index in [1.54, 1.807) is 11.1 Å². The monoisotopic (exact) mass is 342 g/mol. The molecule has 2 aromatic rings. The molecular weight excluding hydrogens is 320 g/mol. The summed E-state index contributed by atoms with van der Waals surface area (Å²) in [5, 5.41) is 2.53. The molecule has 7 nitrogen and oxygen atoms in total. The van der Waals surface area contributed by atoms with Crippen molar-refractivity contribution in [2.24, 2.45) is 7.05 Å². The van der Waals surface area contributed by atoms with E-state index in [-0.39, 0.29) is 25.1 Å². The van der Waals surface area contributed by atoms with E-state index in [2.05, 4.69) is 10.3 Å². The molecule has 0 radical (unpaired) electrons. The van der Waals surface area contributed by atoms with E-state index >= 15 is 0 Å². The van der Waals surface area contributed by atoms with Crippen molar-refractivity contribution in [1.29, 1.82) is 0 Å². The Morgan fingerprint density at radius 1 is 1.32 bits per heavy atom. The van der Waals surface area contributed by atoms with Crippen LogP contribution in [0, 0.1) is 0 Å². The van der Waals surface area contributed by atoms with E-state index in [0.29, 0.717) is 6.54 Å². The second-order valence-electron chi connectivity index (χ2n) is 6.12. The molecule has 0 saturated heterocycles. The number of carbonyl (C=O) groups excluding carboxylic acids is 2. The van der Waals surface area contributed by atoms with Crippen LogP contribution in [0.5, 0.6) is 0 Å². The van der Waals surface area contributed by atoms with Crippen LogP contribution < -0.4 is 5.32 Å². The lowest BCUT2D eigenvalue weighted by atomic mass is 10.2. The first-order valence-corrected chi connectivity index (χ1v) is 8.33. The van der Waals surface area contributed by atoms with Crippen molar-refractivity contribution in [3.63, 3.8) is 0 Å². The van der Waals surface area contributed by atoms with Crippen LogP contribution in [0.15, 0.2) is 42.7 Å². The molecule has 1 aliphatic carbocycles. The smallest absolute Gasteiger partial charge is 0.407 e. The molecule has 25 heavy (non-hydrogen) atoms. The average molecular weight is 342 g/mol. The number of aryl methyl sites for hydroxylation is 1. The number of carbonyl (C=O) groups is 2. The molecule has 0 atom stereocenters. The van der Waals surface area contributed by atoms with Crippen molar-refractivity contribution < 1.29 is 14.3 Å². The molecule has 0 aliphatic heterocycles. The Morgan fingerprint density at radius 2 is 2.08 bits per heavy atom.